The lowest BCUT2D eigenvalue weighted by molar-refractivity contribution is -0.161. The number of phosphoric ester groups is 1. The van der Waals surface area contributed by atoms with Gasteiger partial charge in [0.05, 0.1) is 13.2 Å². The van der Waals surface area contributed by atoms with E-state index in [4.69, 9.17) is 24.3 Å². The van der Waals surface area contributed by atoms with Crippen molar-refractivity contribution in [2.24, 2.45) is 5.73 Å². The third-order valence-corrected chi connectivity index (χ3v) is 10.7. The summed E-state index contributed by atoms with van der Waals surface area (Å²) in [5.74, 6) is -0.887. The van der Waals surface area contributed by atoms with Crippen LogP contribution in [0.1, 0.15) is 194 Å². The molecule has 0 spiro atoms. The van der Waals surface area contributed by atoms with Crippen LogP contribution in [-0.2, 0) is 32.7 Å². The van der Waals surface area contributed by atoms with Crippen molar-refractivity contribution >= 4 is 19.8 Å². The predicted octanol–water partition coefficient (Wildman–Crippen LogP) is 14.4. The summed E-state index contributed by atoms with van der Waals surface area (Å²) >= 11 is 0. The molecule has 0 heterocycles. The number of ether oxygens (including phenoxy) is 2. The first kappa shape index (κ1) is 58.2. The Morgan fingerprint density at radius 1 is 0.508 bits per heavy atom. The van der Waals surface area contributed by atoms with E-state index in [1.54, 1.807) is 0 Å². The lowest BCUT2D eigenvalue weighted by Gasteiger charge is -2.19. The molecule has 2 atom stereocenters. The molecule has 0 aromatic heterocycles. The number of allylic oxidation sites excluding steroid dienone is 14. The van der Waals surface area contributed by atoms with Gasteiger partial charge in [0.1, 0.15) is 6.61 Å². The van der Waals surface area contributed by atoms with Gasteiger partial charge in [-0.3, -0.25) is 18.6 Å². The van der Waals surface area contributed by atoms with Gasteiger partial charge < -0.3 is 20.1 Å². The minimum absolute atomic E-state index is 0.0417. The highest BCUT2D eigenvalue weighted by Gasteiger charge is 2.26. The first-order valence-corrected chi connectivity index (χ1v) is 25.6. The summed E-state index contributed by atoms with van der Waals surface area (Å²) in [6.07, 6.45) is 59.1. The summed E-state index contributed by atoms with van der Waals surface area (Å²) in [7, 11) is -4.40. The van der Waals surface area contributed by atoms with Crippen LogP contribution in [0.15, 0.2) is 85.1 Å². The average Bonchev–Trinajstić information content (AvgIpc) is 3.25. The summed E-state index contributed by atoms with van der Waals surface area (Å²) in [4.78, 5) is 34.9. The van der Waals surface area contributed by atoms with Gasteiger partial charge in [-0.2, -0.15) is 0 Å². The summed E-state index contributed by atoms with van der Waals surface area (Å²) in [5, 5.41) is 0. The Bertz CT molecular complexity index is 1270. The van der Waals surface area contributed by atoms with Crippen molar-refractivity contribution in [3.05, 3.63) is 85.1 Å². The van der Waals surface area contributed by atoms with Gasteiger partial charge in [0.25, 0.3) is 0 Å². The van der Waals surface area contributed by atoms with Crippen molar-refractivity contribution in [3.8, 4) is 0 Å². The van der Waals surface area contributed by atoms with Crippen LogP contribution in [-0.4, -0.2) is 49.3 Å². The smallest absolute Gasteiger partial charge is 0.462 e. The lowest BCUT2D eigenvalue weighted by atomic mass is 10.1. The molecular weight excluding hydrogens is 786 g/mol. The number of phosphoric acid groups is 1. The number of esters is 2. The van der Waals surface area contributed by atoms with E-state index in [-0.39, 0.29) is 32.6 Å². The van der Waals surface area contributed by atoms with E-state index < -0.39 is 32.5 Å². The molecule has 0 bridgehead atoms. The summed E-state index contributed by atoms with van der Waals surface area (Å²) < 4.78 is 32.8. The first-order chi connectivity index (χ1) is 29.8. The summed E-state index contributed by atoms with van der Waals surface area (Å²) in [5.41, 5.74) is 5.35. The molecule has 0 saturated heterocycles. The maximum Gasteiger partial charge on any atom is 0.472 e. The number of hydrogen-bond donors (Lipinski definition) is 2. The van der Waals surface area contributed by atoms with Gasteiger partial charge in [-0.25, -0.2) is 4.57 Å². The maximum absolute atomic E-state index is 12.6. The minimum atomic E-state index is -4.40. The van der Waals surface area contributed by atoms with Crippen molar-refractivity contribution in [1.82, 2.24) is 0 Å². The Hall–Kier alpha value is -2.81. The van der Waals surface area contributed by atoms with E-state index in [0.717, 1.165) is 83.5 Å². The zero-order valence-electron chi connectivity index (χ0n) is 38.6. The predicted molar refractivity (Wildman–Crippen MR) is 256 cm³/mol. The number of hydrogen-bond acceptors (Lipinski definition) is 8. The van der Waals surface area contributed by atoms with Crippen LogP contribution in [0.3, 0.4) is 0 Å². The van der Waals surface area contributed by atoms with E-state index in [2.05, 4.69) is 98.9 Å². The SMILES string of the molecule is CC/C=C\C/C=C\C/C=C\C/C=C\CCCCC(=O)OC(COC(=O)CCCCCCCCCCCC/C=C\C/C=C\C/C=C\CCCCCCC)COP(=O)(O)OCCN. The van der Waals surface area contributed by atoms with Gasteiger partial charge in [-0.15, -0.1) is 0 Å². The standard InChI is InChI=1S/C51H88NO8P/c1-3-5-7-9-11-13-15-17-19-20-21-22-23-24-25-26-27-28-30-31-33-35-37-39-41-43-50(53)57-47-49(48-59-61(55,56)58-46-45-52)60-51(54)44-42-40-38-36-34-32-29-18-16-14-12-10-8-6-4-2/h6,8,12,14-15,17-18,20-21,23-24,29,34,36,49H,3-5,7,9-11,13,16,19,22,25-28,30-33,35,37-48,52H2,1-2H3,(H,55,56)/b8-6-,14-12-,17-15-,21-20-,24-23-,29-18-,36-34-. The Balaban J connectivity index is 4.11. The molecule has 0 aromatic carbocycles. The number of rotatable bonds is 44. The highest BCUT2D eigenvalue weighted by Crippen LogP contribution is 2.43. The van der Waals surface area contributed by atoms with E-state index in [1.165, 1.54) is 77.0 Å². The summed E-state index contributed by atoms with van der Waals surface area (Å²) in [6, 6.07) is 0. The van der Waals surface area contributed by atoms with Crippen LogP contribution in [0.4, 0.5) is 0 Å². The van der Waals surface area contributed by atoms with Crippen molar-refractivity contribution in [2.45, 2.75) is 200 Å². The van der Waals surface area contributed by atoms with E-state index in [9.17, 15) is 19.0 Å². The van der Waals surface area contributed by atoms with Crippen LogP contribution in [0.25, 0.3) is 0 Å². The Kier molecular flexibility index (Phi) is 44.5. The highest BCUT2D eigenvalue weighted by molar-refractivity contribution is 7.47. The van der Waals surface area contributed by atoms with E-state index in [0.29, 0.717) is 6.42 Å². The molecule has 0 aliphatic rings. The molecule has 0 aromatic rings. The third-order valence-electron chi connectivity index (χ3n) is 9.77. The van der Waals surface area contributed by atoms with Gasteiger partial charge in [0, 0.05) is 19.4 Å². The van der Waals surface area contributed by atoms with Crippen molar-refractivity contribution in [2.75, 3.05) is 26.4 Å². The van der Waals surface area contributed by atoms with E-state index >= 15 is 0 Å². The normalized spacial score (nSPS) is 14.0. The molecule has 0 radical (unpaired) electrons. The van der Waals surface area contributed by atoms with Gasteiger partial charge in [0.15, 0.2) is 6.10 Å². The largest absolute Gasteiger partial charge is 0.472 e. The zero-order valence-corrected chi connectivity index (χ0v) is 39.5. The molecule has 350 valence electrons. The van der Waals surface area contributed by atoms with Crippen molar-refractivity contribution in [3.63, 3.8) is 0 Å². The van der Waals surface area contributed by atoms with Gasteiger partial charge in [-0.1, -0.05) is 176 Å². The number of unbranched alkanes of at least 4 members (excludes halogenated alkanes) is 17. The molecule has 2 unspecified atom stereocenters. The summed E-state index contributed by atoms with van der Waals surface area (Å²) in [6.45, 7) is 3.54. The molecule has 61 heavy (non-hydrogen) atoms. The van der Waals surface area contributed by atoms with Gasteiger partial charge in [0.2, 0.25) is 0 Å². The van der Waals surface area contributed by atoms with Crippen LogP contribution >= 0.6 is 7.82 Å². The number of carbonyl (C=O) groups excluding carboxylic acids is 2. The van der Waals surface area contributed by atoms with E-state index in [1.807, 2.05) is 0 Å². The Morgan fingerprint density at radius 3 is 1.38 bits per heavy atom. The van der Waals surface area contributed by atoms with Crippen LogP contribution in [0.5, 0.6) is 0 Å². The second-order valence-electron chi connectivity index (χ2n) is 15.6. The molecule has 10 heteroatoms. The molecule has 0 rings (SSSR count). The number of carbonyl (C=O) groups is 2. The average molecular weight is 874 g/mol. The fourth-order valence-corrected chi connectivity index (χ4v) is 6.99. The topological polar surface area (TPSA) is 134 Å². The number of nitrogens with two attached hydrogens (primary N) is 1. The highest BCUT2D eigenvalue weighted by atomic mass is 31.2. The second kappa shape index (κ2) is 46.7. The quantitative estimate of drug-likeness (QED) is 0.0265. The molecule has 0 aliphatic carbocycles. The lowest BCUT2D eigenvalue weighted by Crippen LogP contribution is -2.29. The van der Waals surface area contributed by atoms with Crippen molar-refractivity contribution < 1.29 is 37.6 Å². The molecule has 9 nitrogen and oxygen atoms in total. The first-order valence-electron chi connectivity index (χ1n) is 24.1. The molecule has 0 amide bonds. The molecule has 3 N–H and O–H groups in total. The molecule has 0 aliphatic heterocycles. The van der Waals surface area contributed by atoms with Crippen LogP contribution < -0.4 is 5.73 Å². The third kappa shape index (κ3) is 46.5. The fraction of sp³-hybridized carbons (Fsp3) is 0.686. The molecule has 0 fully saturated rings. The minimum Gasteiger partial charge on any atom is -0.462 e. The van der Waals surface area contributed by atoms with Gasteiger partial charge >= 0.3 is 19.8 Å². The second-order valence-corrected chi connectivity index (χ2v) is 17.0. The zero-order chi connectivity index (χ0) is 44.6. The Labute approximate surface area is 373 Å². The van der Waals surface area contributed by atoms with Crippen LogP contribution in [0, 0.1) is 0 Å². The van der Waals surface area contributed by atoms with Crippen LogP contribution in [0.2, 0.25) is 0 Å². The molecular formula is C51H88NO8P. The van der Waals surface area contributed by atoms with Crippen molar-refractivity contribution in [1.29, 1.82) is 0 Å². The maximum atomic E-state index is 12.6. The fourth-order valence-electron chi connectivity index (χ4n) is 6.22. The monoisotopic (exact) mass is 874 g/mol. The Morgan fingerprint density at radius 2 is 0.902 bits per heavy atom. The van der Waals surface area contributed by atoms with Gasteiger partial charge in [-0.05, 0) is 89.9 Å². The molecule has 0 saturated carbocycles.